The number of rotatable bonds is 6. The first kappa shape index (κ1) is 15.0. The van der Waals surface area contributed by atoms with Gasteiger partial charge in [0.15, 0.2) is 0 Å². The number of benzene rings is 1. The molecular formula is C15H24O3. The number of ether oxygens (including phenoxy) is 2. The van der Waals surface area contributed by atoms with Crippen LogP contribution in [0.15, 0.2) is 24.3 Å². The summed E-state index contributed by atoms with van der Waals surface area (Å²) in [6.07, 6.45) is 0.336. The molecule has 0 aliphatic heterocycles. The van der Waals surface area contributed by atoms with Crippen LogP contribution in [0.5, 0.6) is 5.75 Å². The van der Waals surface area contributed by atoms with Crippen LogP contribution in [0.3, 0.4) is 0 Å². The highest BCUT2D eigenvalue weighted by Gasteiger charge is 2.09. The molecule has 0 heterocycles. The van der Waals surface area contributed by atoms with Crippen molar-refractivity contribution in [1.82, 2.24) is 0 Å². The maximum Gasteiger partial charge on any atom is 0.119 e. The second kappa shape index (κ2) is 6.76. The predicted molar refractivity (Wildman–Crippen MR) is 72.9 cm³/mol. The largest absolute Gasteiger partial charge is 0.491 e. The van der Waals surface area contributed by atoms with Crippen molar-refractivity contribution >= 4 is 0 Å². The first-order chi connectivity index (χ1) is 8.42. The zero-order valence-electron chi connectivity index (χ0n) is 11.8. The van der Waals surface area contributed by atoms with Crippen molar-refractivity contribution in [3.05, 3.63) is 29.8 Å². The third kappa shape index (κ3) is 5.52. The molecule has 3 nitrogen and oxygen atoms in total. The highest BCUT2D eigenvalue weighted by Crippen LogP contribution is 2.19. The standard InChI is InChI=1S/C15H24O3/c1-5-14(16)12-6-8-13(9-7-12)17-10-11-18-15(2,3)4/h6-9,14,16H,5,10-11H2,1-4H3. The van der Waals surface area contributed by atoms with Crippen LogP contribution in [0.1, 0.15) is 45.8 Å². The molecule has 1 aromatic carbocycles. The Morgan fingerprint density at radius 2 is 1.72 bits per heavy atom. The molecular weight excluding hydrogens is 228 g/mol. The molecule has 1 atom stereocenters. The smallest absolute Gasteiger partial charge is 0.119 e. The Morgan fingerprint density at radius 1 is 1.11 bits per heavy atom. The fraction of sp³-hybridized carbons (Fsp3) is 0.600. The van der Waals surface area contributed by atoms with Crippen molar-refractivity contribution in [2.45, 2.75) is 45.8 Å². The summed E-state index contributed by atoms with van der Waals surface area (Å²) in [7, 11) is 0. The molecule has 102 valence electrons. The lowest BCUT2D eigenvalue weighted by molar-refractivity contribution is -0.0163. The average Bonchev–Trinajstić information content (AvgIpc) is 2.33. The van der Waals surface area contributed by atoms with Crippen LogP contribution in [-0.2, 0) is 4.74 Å². The monoisotopic (exact) mass is 252 g/mol. The topological polar surface area (TPSA) is 38.7 Å². The normalized spacial score (nSPS) is 13.4. The molecule has 1 aromatic rings. The summed E-state index contributed by atoms with van der Waals surface area (Å²) in [5.41, 5.74) is 0.800. The van der Waals surface area contributed by atoms with Crippen LogP contribution >= 0.6 is 0 Å². The van der Waals surface area contributed by atoms with E-state index < -0.39 is 0 Å². The molecule has 1 rings (SSSR count). The van der Waals surface area contributed by atoms with Gasteiger partial charge in [-0.2, -0.15) is 0 Å². The van der Waals surface area contributed by atoms with Crippen molar-refractivity contribution < 1.29 is 14.6 Å². The van der Waals surface area contributed by atoms with Gasteiger partial charge in [-0.3, -0.25) is 0 Å². The lowest BCUT2D eigenvalue weighted by Gasteiger charge is -2.19. The molecule has 3 heteroatoms. The molecule has 0 aliphatic carbocycles. The molecule has 0 amide bonds. The fourth-order valence-electron chi connectivity index (χ4n) is 1.53. The second-order valence-corrected chi connectivity index (χ2v) is 5.30. The van der Waals surface area contributed by atoms with Gasteiger partial charge in [-0.1, -0.05) is 19.1 Å². The minimum absolute atomic E-state index is 0.127. The van der Waals surface area contributed by atoms with Crippen LogP contribution in [-0.4, -0.2) is 23.9 Å². The van der Waals surface area contributed by atoms with Gasteiger partial charge in [-0.25, -0.2) is 0 Å². The van der Waals surface area contributed by atoms with E-state index in [2.05, 4.69) is 0 Å². The molecule has 1 N–H and O–H groups in total. The average molecular weight is 252 g/mol. The van der Waals surface area contributed by atoms with Gasteiger partial charge in [-0.05, 0) is 44.9 Å². The Kier molecular flexibility index (Phi) is 5.63. The van der Waals surface area contributed by atoms with E-state index in [4.69, 9.17) is 9.47 Å². The van der Waals surface area contributed by atoms with E-state index in [0.29, 0.717) is 13.2 Å². The van der Waals surface area contributed by atoms with E-state index in [1.165, 1.54) is 0 Å². The highest BCUT2D eigenvalue weighted by molar-refractivity contribution is 5.28. The van der Waals surface area contributed by atoms with Crippen LogP contribution in [0.2, 0.25) is 0 Å². The lowest BCUT2D eigenvalue weighted by atomic mass is 10.1. The van der Waals surface area contributed by atoms with Gasteiger partial charge < -0.3 is 14.6 Å². The summed E-state index contributed by atoms with van der Waals surface area (Å²) < 4.78 is 11.1. The predicted octanol–water partition coefficient (Wildman–Crippen LogP) is 3.32. The van der Waals surface area contributed by atoms with E-state index >= 15 is 0 Å². The Bertz CT molecular complexity index is 338. The van der Waals surface area contributed by atoms with Gasteiger partial charge in [0.25, 0.3) is 0 Å². The Labute approximate surface area is 110 Å². The lowest BCUT2D eigenvalue weighted by Crippen LogP contribution is -2.22. The molecule has 0 saturated carbocycles. The van der Waals surface area contributed by atoms with Crippen molar-refractivity contribution in [2.75, 3.05) is 13.2 Å². The van der Waals surface area contributed by atoms with Crippen molar-refractivity contribution in [1.29, 1.82) is 0 Å². The first-order valence-electron chi connectivity index (χ1n) is 6.47. The Balaban J connectivity index is 2.35. The number of aliphatic hydroxyl groups excluding tert-OH is 1. The van der Waals surface area contributed by atoms with Crippen LogP contribution < -0.4 is 4.74 Å². The van der Waals surface area contributed by atoms with E-state index in [9.17, 15) is 5.11 Å². The first-order valence-corrected chi connectivity index (χ1v) is 6.47. The molecule has 0 bridgehead atoms. The fourth-order valence-corrected chi connectivity index (χ4v) is 1.53. The summed E-state index contributed by atoms with van der Waals surface area (Å²) in [5, 5.41) is 9.66. The van der Waals surface area contributed by atoms with Crippen LogP contribution in [0.25, 0.3) is 0 Å². The van der Waals surface area contributed by atoms with E-state index in [0.717, 1.165) is 17.7 Å². The summed E-state index contributed by atoms with van der Waals surface area (Å²) in [6.45, 7) is 9.13. The molecule has 0 saturated heterocycles. The van der Waals surface area contributed by atoms with Gasteiger partial charge in [0, 0.05) is 0 Å². The molecule has 1 unspecified atom stereocenters. The number of hydrogen-bond donors (Lipinski definition) is 1. The number of hydrogen-bond acceptors (Lipinski definition) is 3. The summed E-state index contributed by atoms with van der Waals surface area (Å²) in [5.74, 6) is 0.805. The summed E-state index contributed by atoms with van der Waals surface area (Å²) in [4.78, 5) is 0. The number of aliphatic hydroxyl groups is 1. The van der Waals surface area contributed by atoms with Gasteiger partial charge in [0.2, 0.25) is 0 Å². The summed E-state index contributed by atoms with van der Waals surface area (Å²) in [6, 6.07) is 7.55. The quantitative estimate of drug-likeness (QED) is 0.789. The van der Waals surface area contributed by atoms with Gasteiger partial charge in [-0.15, -0.1) is 0 Å². The zero-order chi connectivity index (χ0) is 13.6. The third-order valence-electron chi connectivity index (χ3n) is 2.54. The zero-order valence-corrected chi connectivity index (χ0v) is 11.8. The van der Waals surface area contributed by atoms with E-state index in [1.807, 2.05) is 52.0 Å². The van der Waals surface area contributed by atoms with Crippen LogP contribution in [0, 0.1) is 0 Å². The van der Waals surface area contributed by atoms with Crippen molar-refractivity contribution in [2.24, 2.45) is 0 Å². The molecule has 18 heavy (non-hydrogen) atoms. The third-order valence-corrected chi connectivity index (χ3v) is 2.54. The van der Waals surface area contributed by atoms with Gasteiger partial charge >= 0.3 is 0 Å². The SMILES string of the molecule is CCC(O)c1ccc(OCCOC(C)(C)C)cc1. The minimum atomic E-state index is -0.386. The van der Waals surface area contributed by atoms with Crippen LogP contribution in [0.4, 0.5) is 0 Å². The molecule has 0 fully saturated rings. The van der Waals surface area contributed by atoms with Gasteiger partial charge in [0.1, 0.15) is 12.4 Å². The molecule has 0 aromatic heterocycles. The molecule has 0 spiro atoms. The molecule has 0 radical (unpaired) electrons. The second-order valence-electron chi connectivity index (χ2n) is 5.30. The van der Waals surface area contributed by atoms with E-state index in [1.54, 1.807) is 0 Å². The van der Waals surface area contributed by atoms with Crippen molar-refractivity contribution in [3.8, 4) is 5.75 Å². The Morgan fingerprint density at radius 3 is 2.22 bits per heavy atom. The Hall–Kier alpha value is -1.06. The molecule has 0 aliphatic rings. The maximum absolute atomic E-state index is 9.66. The van der Waals surface area contributed by atoms with Gasteiger partial charge in [0.05, 0.1) is 18.3 Å². The maximum atomic E-state index is 9.66. The van der Waals surface area contributed by atoms with Crippen molar-refractivity contribution in [3.63, 3.8) is 0 Å². The summed E-state index contributed by atoms with van der Waals surface area (Å²) >= 11 is 0. The highest BCUT2D eigenvalue weighted by atomic mass is 16.5. The van der Waals surface area contributed by atoms with E-state index in [-0.39, 0.29) is 11.7 Å². The minimum Gasteiger partial charge on any atom is -0.491 e.